The third-order valence-electron chi connectivity index (χ3n) is 5.81. The van der Waals surface area contributed by atoms with E-state index in [4.69, 9.17) is 4.74 Å². The molecule has 0 unspecified atom stereocenters. The Balaban J connectivity index is 1.33. The molecular weight excluding hydrogens is 404 g/mol. The highest BCUT2D eigenvalue weighted by Gasteiger charge is 2.24. The molecule has 3 rings (SSSR count). The van der Waals surface area contributed by atoms with E-state index in [1.165, 1.54) is 0 Å². The van der Waals surface area contributed by atoms with Gasteiger partial charge in [0.2, 0.25) is 11.8 Å². The van der Waals surface area contributed by atoms with Crippen LogP contribution in [0, 0.1) is 13.8 Å². The fourth-order valence-corrected chi connectivity index (χ4v) is 3.75. The molecule has 0 N–H and O–H groups in total. The molecule has 1 saturated heterocycles. The van der Waals surface area contributed by atoms with Crippen LogP contribution in [0.2, 0.25) is 0 Å². The summed E-state index contributed by atoms with van der Waals surface area (Å²) in [5.41, 5.74) is 2.83. The Bertz CT molecular complexity index is 931. The van der Waals surface area contributed by atoms with Crippen molar-refractivity contribution in [3.05, 3.63) is 65.2 Å². The molecule has 2 aromatic carbocycles. The predicted molar refractivity (Wildman–Crippen MR) is 124 cm³/mol. The summed E-state index contributed by atoms with van der Waals surface area (Å²) in [4.78, 5) is 40.8. The maximum absolute atomic E-state index is 12.5. The first-order chi connectivity index (χ1) is 15.4. The average molecular weight is 437 g/mol. The normalized spacial score (nSPS) is 13.7. The van der Waals surface area contributed by atoms with Crippen molar-refractivity contribution < 1.29 is 19.1 Å². The van der Waals surface area contributed by atoms with Crippen LogP contribution in [0.1, 0.15) is 47.2 Å². The van der Waals surface area contributed by atoms with E-state index in [1.54, 1.807) is 17.0 Å². The van der Waals surface area contributed by atoms with Gasteiger partial charge < -0.3 is 14.5 Å². The fourth-order valence-electron chi connectivity index (χ4n) is 3.75. The summed E-state index contributed by atoms with van der Waals surface area (Å²) in [6, 6.07) is 15.3. The number of benzene rings is 2. The van der Waals surface area contributed by atoms with Crippen LogP contribution >= 0.6 is 0 Å². The molecule has 1 aliphatic rings. The van der Waals surface area contributed by atoms with E-state index in [0.717, 1.165) is 16.9 Å². The number of carbonyl (C=O) groups excluding carboxylic acids is 3. The second kappa shape index (κ2) is 11.5. The van der Waals surface area contributed by atoms with Gasteiger partial charge in [-0.05, 0) is 31.9 Å². The minimum Gasteiger partial charge on any atom is -0.493 e. The van der Waals surface area contributed by atoms with Gasteiger partial charge >= 0.3 is 0 Å². The molecule has 2 aromatic rings. The highest BCUT2D eigenvalue weighted by molar-refractivity contribution is 5.98. The largest absolute Gasteiger partial charge is 0.493 e. The molecule has 0 spiro atoms. The highest BCUT2D eigenvalue weighted by atomic mass is 16.5. The first-order valence-corrected chi connectivity index (χ1v) is 11.3. The Morgan fingerprint density at radius 1 is 0.781 bits per heavy atom. The molecule has 0 radical (unpaired) electrons. The maximum Gasteiger partial charge on any atom is 0.223 e. The van der Waals surface area contributed by atoms with E-state index in [0.29, 0.717) is 51.2 Å². The van der Waals surface area contributed by atoms with Crippen LogP contribution < -0.4 is 4.74 Å². The molecule has 2 amide bonds. The fraction of sp³-hybridized carbons (Fsp3) is 0.423. The van der Waals surface area contributed by atoms with Gasteiger partial charge in [-0.15, -0.1) is 0 Å². The van der Waals surface area contributed by atoms with E-state index < -0.39 is 0 Å². The van der Waals surface area contributed by atoms with Crippen molar-refractivity contribution in [2.75, 3.05) is 32.8 Å². The molecule has 1 heterocycles. The molecule has 32 heavy (non-hydrogen) atoms. The van der Waals surface area contributed by atoms with Gasteiger partial charge in [-0.3, -0.25) is 14.4 Å². The van der Waals surface area contributed by atoms with Gasteiger partial charge in [0.1, 0.15) is 5.75 Å². The second-order valence-corrected chi connectivity index (χ2v) is 8.27. The van der Waals surface area contributed by atoms with Gasteiger partial charge in [0.25, 0.3) is 0 Å². The number of amides is 2. The monoisotopic (exact) mass is 436 g/mol. The number of aryl methyl sites for hydroxylation is 2. The molecule has 0 saturated carbocycles. The number of ketones is 1. The molecule has 1 fully saturated rings. The average Bonchev–Trinajstić information content (AvgIpc) is 2.81. The number of hydrogen-bond donors (Lipinski definition) is 0. The number of para-hydroxylation sites is 1. The van der Waals surface area contributed by atoms with Crippen molar-refractivity contribution in [1.82, 2.24) is 9.80 Å². The summed E-state index contributed by atoms with van der Waals surface area (Å²) in [7, 11) is 0. The molecule has 6 nitrogen and oxygen atoms in total. The minimum atomic E-state index is -0.0239. The smallest absolute Gasteiger partial charge is 0.223 e. The third-order valence-corrected chi connectivity index (χ3v) is 5.81. The number of carbonyl (C=O) groups is 3. The Kier molecular flexibility index (Phi) is 8.42. The number of hydrogen-bond acceptors (Lipinski definition) is 4. The molecule has 6 heteroatoms. The Hall–Kier alpha value is -3.15. The first-order valence-electron chi connectivity index (χ1n) is 11.3. The van der Waals surface area contributed by atoms with Crippen LogP contribution in [0.25, 0.3) is 0 Å². The first kappa shape index (κ1) is 23.5. The molecule has 170 valence electrons. The topological polar surface area (TPSA) is 66.9 Å². The number of piperazine rings is 1. The number of Topliss-reactive ketones (excluding diaryl/α,β-unsaturated/α-hetero) is 1. The molecule has 0 atom stereocenters. The zero-order chi connectivity index (χ0) is 22.9. The summed E-state index contributed by atoms with van der Waals surface area (Å²) in [6.45, 7) is 6.58. The summed E-state index contributed by atoms with van der Waals surface area (Å²) < 4.78 is 5.76. The van der Waals surface area contributed by atoms with Crippen LogP contribution in [0.5, 0.6) is 5.75 Å². The SMILES string of the molecule is Cc1ccc(C(=O)CCC(=O)N2CCN(C(=O)CCCOc3ccccc3C)CC2)cc1. The van der Waals surface area contributed by atoms with Crippen molar-refractivity contribution in [1.29, 1.82) is 0 Å². The van der Waals surface area contributed by atoms with Crippen LogP contribution in [0.4, 0.5) is 0 Å². The van der Waals surface area contributed by atoms with Gasteiger partial charge in [-0.1, -0.05) is 48.0 Å². The predicted octanol–water partition coefficient (Wildman–Crippen LogP) is 3.80. The lowest BCUT2D eigenvalue weighted by Gasteiger charge is -2.35. The lowest BCUT2D eigenvalue weighted by atomic mass is 10.0. The quantitative estimate of drug-likeness (QED) is 0.443. The van der Waals surface area contributed by atoms with E-state index in [1.807, 2.05) is 55.1 Å². The van der Waals surface area contributed by atoms with Gasteiger partial charge in [0, 0.05) is 51.0 Å². The van der Waals surface area contributed by atoms with Gasteiger partial charge in [0.05, 0.1) is 6.61 Å². The number of rotatable bonds is 9. The summed E-state index contributed by atoms with van der Waals surface area (Å²) in [6.07, 6.45) is 1.51. The Morgan fingerprint density at radius 3 is 2.00 bits per heavy atom. The van der Waals surface area contributed by atoms with Crippen molar-refractivity contribution in [3.63, 3.8) is 0 Å². The number of ether oxygens (including phenoxy) is 1. The Labute approximate surface area is 190 Å². The van der Waals surface area contributed by atoms with Crippen LogP contribution in [0.15, 0.2) is 48.5 Å². The van der Waals surface area contributed by atoms with E-state index in [-0.39, 0.29) is 30.4 Å². The van der Waals surface area contributed by atoms with Gasteiger partial charge in [-0.2, -0.15) is 0 Å². The zero-order valence-electron chi connectivity index (χ0n) is 19.0. The summed E-state index contributed by atoms with van der Waals surface area (Å²) in [5, 5.41) is 0. The lowest BCUT2D eigenvalue weighted by molar-refractivity contribution is -0.139. The van der Waals surface area contributed by atoms with Crippen molar-refractivity contribution in [2.45, 2.75) is 39.5 Å². The molecular formula is C26H32N2O4. The van der Waals surface area contributed by atoms with Crippen molar-refractivity contribution in [3.8, 4) is 5.75 Å². The van der Waals surface area contributed by atoms with Crippen LogP contribution in [-0.4, -0.2) is 60.2 Å². The molecule has 1 aliphatic heterocycles. The summed E-state index contributed by atoms with van der Waals surface area (Å²) in [5.74, 6) is 0.914. The number of nitrogens with zero attached hydrogens (tertiary/aromatic N) is 2. The van der Waals surface area contributed by atoms with E-state index in [9.17, 15) is 14.4 Å². The molecule has 0 aliphatic carbocycles. The van der Waals surface area contributed by atoms with E-state index >= 15 is 0 Å². The molecule has 0 bridgehead atoms. The summed E-state index contributed by atoms with van der Waals surface area (Å²) >= 11 is 0. The minimum absolute atomic E-state index is 0.0138. The lowest BCUT2D eigenvalue weighted by Crippen LogP contribution is -2.50. The third kappa shape index (κ3) is 6.67. The van der Waals surface area contributed by atoms with Gasteiger partial charge in [-0.25, -0.2) is 0 Å². The van der Waals surface area contributed by atoms with Crippen molar-refractivity contribution >= 4 is 17.6 Å². The second-order valence-electron chi connectivity index (χ2n) is 8.27. The zero-order valence-corrected chi connectivity index (χ0v) is 19.0. The van der Waals surface area contributed by atoms with Crippen molar-refractivity contribution in [2.24, 2.45) is 0 Å². The van der Waals surface area contributed by atoms with Crippen LogP contribution in [0.3, 0.4) is 0 Å². The maximum atomic E-state index is 12.5. The van der Waals surface area contributed by atoms with Crippen LogP contribution in [-0.2, 0) is 9.59 Å². The highest BCUT2D eigenvalue weighted by Crippen LogP contribution is 2.17. The van der Waals surface area contributed by atoms with Gasteiger partial charge in [0.15, 0.2) is 5.78 Å². The standard InChI is InChI=1S/C26H32N2O4/c1-20-9-11-22(12-10-20)23(29)13-14-26(31)28-17-15-27(16-18-28)25(30)8-5-19-32-24-7-4-3-6-21(24)2/h3-4,6-7,9-12H,5,8,13-19H2,1-2H3. The van der Waals surface area contributed by atoms with E-state index in [2.05, 4.69) is 0 Å². The Morgan fingerprint density at radius 2 is 1.38 bits per heavy atom. The molecule has 0 aromatic heterocycles.